The summed E-state index contributed by atoms with van der Waals surface area (Å²) in [6, 6.07) is 3.89. The van der Waals surface area contributed by atoms with Crippen LogP contribution in [-0.2, 0) is 4.79 Å². The zero-order valence-electron chi connectivity index (χ0n) is 12.9. The van der Waals surface area contributed by atoms with E-state index in [0.717, 1.165) is 0 Å². The number of anilines is 1. The van der Waals surface area contributed by atoms with Crippen molar-refractivity contribution in [2.45, 2.75) is 26.0 Å². The number of carbonyl (C=O) groups is 1. The molecule has 2 heterocycles. The molecule has 0 radical (unpaired) electrons. The van der Waals surface area contributed by atoms with Gasteiger partial charge in [0.1, 0.15) is 11.8 Å². The number of amides is 1. The van der Waals surface area contributed by atoms with Gasteiger partial charge in [-0.1, -0.05) is 29.9 Å². The number of thiazole rings is 1. The minimum absolute atomic E-state index is 0.0432. The fourth-order valence-electron chi connectivity index (χ4n) is 2.30. The third-order valence-corrected chi connectivity index (χ3v) is 4.52. The average molecular weight is 387 g/mol. The van der Waals surface area contributed by atoms with Gasteiger partial charge in [-0.2, -0.15) is 13.9 Å². The van der Waals surface area contributed by atoms with E-state index in [-0.39, 0.29) is 11.7 Å². The van der Waals surface area contributed by atoms with Gasteiger partial charge in [0, 0.05) is 6.20 Å². The molecule has 6 nitrogen and oxygen atoms in total. The quantitative estimate of drug-likeness (QED) is 0.684. The van der Waals surface area contributed by atoms with Crippen molar-refractivity contribution in [3.63, 3.8) is 0 Å². The van der Waals surface area contributed by atoms with Gasteiger partial charge in [-0.25, -0.2) is 4.98 Å². The zero-order valence-corrected chi connectivity index (χ0v) is 14.5. The molecule has 0 saturated carbocycles. The maximum absolute atomic E-state index is 12.5. The minimum Gasteiger partial charge on any atom is -0.435 e. The molecule has 1 aromatic carbocycles. The summed E-state index contributed by atoms with van der Waals surface area (Å²) in [5.74, 6) is -0.243. The highest BCUT2D eigenvalue weighted by Gasteiger charge is 2.21. The lowest BCUT2D eigenvalue weighted by Gasteiger charge is -2.14. The Kier molecular flexibility index (Phi) is 5.14. The van der Waals surface area contributed by atoms with Gasteiger partial charge in [0.2, 0.25) is 0 Å². The highest BCUT2D eigenvalue weighted by molar-refractivity contribution is 7.22. The van der Waals surface area contributed by atoms with Crippen molar-refractivity contribution in [1.82, 2.24) is 14.8 Å². The Bertz CT molecular complexity index is 899. The van der Waals surface area contributed by atoms with Crippen molar-refractivity contribution >= 4 is 44.2 Å². The van der Waals surface area contributed by atoms with Gasteiger partial charge < -0.3 is 10.1 Å². The summed E-state index contributed by atoms with van der Waals surface area (Å²) in [4.78, 5) is 16.7. The molecule has 132 valence electrons. The van der Waals surface area contributed by atoms with Crippen LogP contribution in [0.2, 0.25) is 5.02 Å². The Morgan fingerprint density at radius 1 is 1.48 bits per heavy atom. The highest BCUT2D eigenvalue weighted by Crippen LogP contribution is 2.30. The molecule has 0 bridgehead atoms. The second-order valence-electron chi connectivity index (χ2n) is 5.08. The Morgan fingerprint density at radius 3 is 2.92 bits per heavy atom. The number of benzene rings is 1. The van der Waals surface area contributed by atoms with E-state index in [1.807, 2.05) is 6.92 Å². The van der Waals surface area contributed by atoms with E-state index in [0.29, 0.717) is 26.8 Å². The summed E-state index contributed by atoms with van der Waals surface area (Å²) in [5, 5.41) is 7.59. The molecule has 1 atom stereocenters. The van der Waals surface area contributed by atoms with Crippen molar-refractivity contribution < 1.29 is 18.3 Å². The fraction of sp³-hybridized carbons (Fsp3) is 0.267. The molecule has 1 unspecified atom stereocenters. The molecule has 3 rings (SSSR count). The van der Waals surface area contributed by atoms with E-state index in [9.17, 15) is 13.6 Å². The number of carbonyl (C=O) groups excluding carboxylic acids is 1. The maximum atomic E-state index is 12.5. The number of hydrogen-bond acceptors (Lipinski definition) is 5. The Hall–Kier alpha value is -2.26. The van der Waals surface area contributed by atoms with Crippen LogP contribution in [0.5, 0.6) is 5.75 Å². The molecule has 0 saturated heterocycles. The van der Waals surface area contributed by atoms with Gasteiger partial charge in [0.15, 0.2) is 5.13 Å². The first-order valence-corrected chi connectivity index (χ1v) is 8.51. The Balaban J connectivity index is 1.78. The molecule has 0 aliphatic carbocycles. The van der Waals surface area contributed by atoms with Crippen LogP contribution in [0.25, 0.3) is 10.2 Å². The summed E-state index contributed by atoms with van der Waals surface area (Å²) in [7, 11) is 0. The van der Waals surface area contributed by atoms with Crippen LogP contribution in [0.3, 0.4) is 0 Å². The lowest BCUT2D eigenvalue weighted by molar-refractivity contribution is -0.119. The van der Waals surface area contributed by atoms with E-state index in [1.165, 1.54) is 34.3 Å². The topological polar surface area (TPSA) is 69.0 Å². The Labute approximate surface area is 150 Å². The summed E-state index contributed by atoms with van der Waals surface area (Å²) in [6.45, 7) is -1.04. The van der Waals surface area contributed by atoms with Crippen molar-refractivity contribution in [2.75, 3.05) is 5.32 Å². The molecule has 0 spiro atoms. The summed E-state index contributed by atoms with van der Waals surface area (Å²) in [6.07, 6.45) is 3.54. The van der Waals surface area contributed by atoms with Gasteiger partial charge in [-0.05, 0) is 24.6 Å². The number of nitrogens with zero attached hydrogens (tertiary/aromatic N) is 3. The second kappa shape index (κ2) is 7.32. The highest BCUT2D eigenvalue weighted by atomic mass is 35.5. The van der Waals surface area contributed by atoms with Gasteiger partial charge in [-0.15, -0.1) is 0 Å². The molecule has 2 aromatic heterocycles. The fourth-order valence-corrected chi connectivity index (χ4v) is 3.34. The zero-order chi connectivity index (χ0) is 18.0. The molecule has 0 fully saturated rings. The van der Waals surface area contributed by atoms with Crippen molar-refractivity contribution in [1.29, 1.82) is 0 Å². The third kappa shape index (κ3) is 4.05. The average Bonchev–Trinajstić information content (AvgIpc) is 3.13. The molecule has 10 heteroatoms. The monoisotopic (exact) mass is 386 g/mol. The van der Waals surface area contributed by atoms with Crippen LogP contribution in [0, 0.1) is 0 Å². The molecule has 25 heavy (non-hydrogen) atoms. The van der Waals surface area contributed by atoms with Gasteiger partial charge in [-0.3, -0.25) is 9.48 Å². The summed E-state index contributed by atoms with van der Waals surface area (Å²) < 4.78 is 31.0. The number of halogens is 3. The molecule has 0 aliphatic rings. The first kappa shape index (κ1) is 17.6. The second-order valence-corrected chi connectivity index (χ2v) is 6.55. The van der Waals surface area contributed by atoms with Gasteiger partial charge in [0.05, 0.1) is 21.4 Å². The summed E-state index contributed by atoms with van der Waals surface area (Å²) in [5.41, 5.74) is 0.581. The standard InChI is InChI=1S/C15H13ClF2N4O2S/c1-2-11(22-7-8(16)6-19-22)13(23)21-15-20-10-4-3-9(24-14(17)18)5-12(10)25-15/h3-7,11,14H,2H2,1H3,(H,20,21,23). The SMILES string of the molecule is CCC(C(=O)Nc1nc2ccc(OC(F)F)cc2s1)n1cc(Cl)cn1. The van der Waals surface area contributed by atoms with Crippen LogP contribution >= 0.6 is 22.9 Å². The van der Waals surface area contributed by atoms with E-state index in [1.54, 1.807) is 12.3 Å². The van der Waals surface area contributed by atoms with E-state index in [2.05, 4.69) is 20.1 Å². The van der Waals surface area contributed by atoms with E-state index >= 15 is 0 Å². The number of ether oxygens (including phenoxy) is 1. The van der Waals surface area contributed by atoms with Crippen LogP contribution in [-0.4, -0.2) is 27.3 Å². The largest absolute Gasteiger partial charge is 0.435 e. The van der Waals surface area contributed by atoms with E-state index in [4.69, 9.17) is 11.6 Å². The lowest BCUT2D eigenvalue weighted by atomic mass is 10.2. The van der Waals surface area contributed by atoms with Crippen molar-refractivity contribution in [2.24, 2.45) is 0 Å². The van der Waals surface area contributed by atoms with Crippen LogP contribution in [0.4, 0.5) is 13.9 Å². The Morgan fingerprint density at radius 2 is 2.28 bits per heavy atom. The molecule has 1 amide bonds. The third-order valence-electron chi connectivity index (χ3n) is 3.39. The maximum Gasteiger partial charge on any atom is 0.387 e. The number of nitrogens with one attached hydrogen (secondary N) is 1. The first-order chi connectivity index (χ1) is 12.0. The molecule has 1 N–H and O–H groups in total. The van der Waals surface area contributed by atoms with Crippen LogP contribution < -0.4 is 10.1 Å². The van der Waals surface area contributed by atoms with Gasteiger partial charge in [0.25, 0.3) is 5.91 Å². The van der Waals surface area contributed by atoms with Crippen LogP contribution in [0.1, 0.15) is 19.4 Å². The normalized spacial score (nSPS) is 12.5. The van der Waals surface area contributed by atoms with Crippen molar-refractivity contribution in [3.8, 4) is 5.75 Å². The molecule has 3 aromatic rings. The number of rotatable bonds is 6. The number of alkyl halides is 2. The minimum atomic E-state index is -2.89. The number of hydrogen-bond donors (Lipinski definition) is 1. The van der Waals surface area contributed by atoms with E-state index < -0.39 is 12.7 Å². The van der Waals surface area contributed by atoms with Crippen LogP contribution in [0.15, 0.2) is 30.6 Å². The predicted octanol–water partition coefficient (Wildman–Crippen LogP) is 4.34. The number of aromatic nitrogens is 3. The molecular formula is C15H13ClF2N4O2S. The predicted molar refractivity (Wildman–Crippen MR) is 91.4 cm³/mol. The van der Waals surface area contributed by atoms with Crippen molar-refractivity contribution in [3.05, 3.63) is 35.6 Å². The summed E-state index contributed by atoms with van der Waals surface area (Å²) >= 11 is 7.01. The molecule has 0 aliphatic heterocycles. The smallest absolute Gasteiger partial charge is 0.387 e. The molecular weight excluding hydrogens is 374 g/mol. The lowest BCUT2D eigenvalue weighted by Crippen LogP contribution is -2.25. The first-order valence-electron chi connectivity index (χ1n) is 7.32. The van der Waals surface area contributed by atoms with Gasteiger partial charge >= 0.3 is 6.61 Å². The number of fused-ring (bicyclic) bond motifs is 1.